The third kappa shape index (κ3) is 4.98. The summed E-state index contributed by atoms with van der Waals surface area (Å²) < 4.78 is 49.6. The molecule has 2 heterocycles. The fourth-order valence-corrected chi connectivity index (χ4v) is 4.46. The molecule has 5 rings (SSSR count). The van der Waals surface area contributed by atoms with E-state index in [1.165, 1.54) is 24.4 Å². The van der Waals surface area contributed by atoms with E-state index in [1.54, 1.807) is 6.20 Å². The van der Waals surface area contributed by atoms with Crippen LogP contribution in [0.25, 0.3) is 22.3 Å². The first-order valence-corrected chi connectivity index (χ1v) is 11.8. The van der Waals surface area contributed by atoms with E-state index < -0.39 is 29.2 Å². The maximum absolute atomic E-state index is 14.8. The van der Waals surface area contributed by atoms with Crippen LogP contribution in [0.1, 0.15) is 28.8 Å². The molecule has 0 saturated carbocycles. The smallest absolute Gasteiger partial charge is 0.303 e. The molecule has 194 valence electrons. The van der Waals surface area contributed by atoms with E-state index in [-0.39, 0.29) is 35.5 Å². The molecule has 0 amide bonds. The summed E-state index contributed by atoms with van der Waals surface area (Å²) in [5.74, 6) is -3.60. The lowest BCUT2D eigenvalue weighted by molar-refractivity contribution is -0.136. The van der Waals surface area contributed by atoms with Crippen molar-refractivity contribution in [3.05, 3.63) is 101 Å². The molecule has 0 aliphatic heterocycles. The lowest BCUT2D eigenvalue weighted by atomic mass is 9.95. The second-order valence-electron chi connectivity index (χ2n) is 8.77. The van der Waals surface area contributed by atoms with E-state index in [1.807, 2.05) is 18.2 Å². The summed E-state index contributed by atoms with van der Waals surface area (Å²) in [5, 5.41) is 9.19. The third-order valence-corrected chi connectivity index (χ3v) is 6.31. The predicted molar refractivity (Wildman–Crippen MR) is 135 cm³/mol. The molecule has 0 aliphatic carbocycles. The zero-order valence-electron chi connectivity index (χ0n) is 20.0. The van der Waals surface area contributed by atoms with E-state index in [9.17, 15) is 18.0 Å². The number of imidazole rings is 1. The van der Waals surface area contributed by atoms with Crippen LogP contribution in [0, 0.1) is 17.5 Å². The van der Waals surface area contributed by atoms with Crippen molar-refractivity contribution < 1.29 is 27.8 Å². The highest BCUT2D eigenvalue weighted by Gasteiger charge is 2.19. The number of aryl methyl sites for hydroxylation is 1. The van der Waals surface area contributed by atoms with Gasteiger partial charge in [0.1, 0.15) is 17.4 Å². The molecule has 0 radical (unpaired) electrons. The number of hydrogen-bond acceptors (Lipinski definition) is 4. The van der Waals surface area contributed by atoms with Crippen LogP contribution in [-0.4, -0.2) is 26.0 Å². The third-order valence-electron chi connectivity index (χ3n) is 6.31. The van der Waals surface area contributed by atoms with Gasteiger partial charge in [0.2, 0.25) is 0 Å². The topological polar surface area (TPSA) is 117 Å². The molecule has 0 atom stereocenters. The second-order valence-corrected chi connectivity index (χ2v) is 8.77. The molecule has 0 fully saturated rings. The minimum absolute atomic E-state index is 0.00477. The number of carboxylic acid groups (broad SMARTS) is 1. The Morgan fingerprint density at radius 2 is 1.87 bits per heavy atom. The molecule has 3 aromatic carbocycles. The van der Waals surface area contributed by atoms with Gasteiger partial charge in [0.05, 0.1) is 11.1 Å². The highest BCUT2D eigenvalue weighted by molar-refractivity contribution is 5.82. The largest absolute Gasteiger partial charge is 0.481 e. The summed E-state index contributed by atoms with van der Waals surface area (Å²) in [5.41, 5.74) is 9.60. The van der Waals surface area contributed by atoms with E-state index in [2.05, 4.69) is 15.0 Å². The lowest BCUT2D eigenvalue weighted by Gasteiger charge is -2.12. The van der Waals surface area contributed by atoms with Gasteiger partial charge in [-0.1, -0.05) is 18.2 Å². The monoisotopic (exact) mass is 520 g/mol. The highest BCUT2D eigenvalue weighted by atomic mass is 19.1. The van der Waals surface area contributed by atoms with E-state index in [4.69, 9.17) is 15.6 Å². The van der Waals surface area contributed by atoms with Gasteiger partial charge in [0.25, 0.3) is 0 Å². The van der Waals surface area contributed by atoms with Gasteiger partial charge in [-0.25, -0.2) is 18.2 Å². The first kappa shape index (κ1) is 25.1. The fourth-order valence-electron chi connectivity index (χ4n) is 4.46. The van der Waals surface area contributed by atoms with Crippen LogP contribution >= 0.6 is 0 Å². The standard InChI is InChI=1S/C28H23F3N4O3/c29-22-6-5-18(38-27-23(30)12-24-19(26(27)31)8-9-33-24)11-20(22)28-34-14-17(35-28)10-16-3-1-2-15(21(16)13-32)4-7-25(36)37/h1-3,5-6,8-9,11-12,14,33H,4,7,10,13,32H2,(H,34,35)(H,36,37). The number of fused-ring (bicyclic) bond motifs is 1. The average molecular weight is 521 g/mol. The number of nitrogens with zero attached hydrogens (tertiary/aromatic N) is 1. The van der Waals surface area contributed by atoms with Crippen molar-refractivity contribution in [2.75, 3.05) is 0 Å². The van der Waals surface area contributed by atoms with Crippen molar-refractivity contribution in [3.63, 3.8) is 0 Å². The van der Waals surface area contributed by atoms with Crippen LogP contribution in [0.4, 0.5) is 13.2 Å². The van der Waals surface area contributed by atoms with Gasteiger partial charge in [-0.3, -0.25) is 4.79 Å². The first-order valence-electron chi connectivity index (χ1n) is 11.8. The minimum atomic E-state index is -0.898. The number of ether oxygens (including phenoxy) is 1. The van der Waals surface area contributed by atoms with Gasteiger partial charge in [-0.05, 0) is 47.4 Å². The van der Waals surface area contributed by atoms with Crippen molar-refractivity contribution in [2.24, 2.45) is 5.73 Å². The molecule has 0 bridgehead atoms. The minimum Gasteiger partial charge on any atom is -0.481 e. The summed E-state index contributed by atoms with van der Waals surface area (Å²) in [6.07, 6.45) is 3.82. The number of aromatic nitrogens is 3. The van der Waals surface area contributed by atoms with Crippen molar-refractivity contribution in [3.8, 4) is 22.9 Å². The molecule has 2 aromatic heterocycles. The number of nitrogens with one attached hydrogen (secondary N) is 2. The molecular formula is C28H23F3N4O3. The van der Waals surface area contributed by atoms with Gasteiger partial charge < -0.3 is 25.5 Å². The molecule has 0 saturated heterocycles. The van der Waals surface area contributed by atoms with Crippen molar-refractivity contribution in [1.82, 2.24) is 15.0 Å². The Bertz CT molecular complexity index is 1640. The van der Waals surface area contributed by atoms with Crippen molar-refractivity contribution in [1.29, 1.82) is 0 Å². The zero-order valence-corrected chi connectivity index (χ0v) is 20.0. The van der Waals surface area contributed by atoms with Crippen LogP contribution in [0.3, 0.4) is 0 Å². The van der Waals surface area contributed by atoms with E-state index >= 15 is 0 Å². The number of aromatic amines is 2. The maximum atomic E-state index is 14.8. The van der Waals surface area contributed by atoms with Crippen molar-refractivity contribution >= 4 is 16.9 Å². The van der Waals surface area contributed by atoms with E-state index in [0.29, 0.717) is 24.1 Å². The molecule has 0 unspecified atom stereocenters. The van der Waals surface area contributed by atoms with Gasteiger partial charge in [0, 0.05) is 48.9 Å². The van der Waals surface area contributed by atoms with Gasteiger partial charge in [0.15, 0.2) is 17.4 Å². The Balaban J connectivity index is 1.40. The number of carbonyl (C=O) groups is 1. The Morgan fingerprint density at radius 3 is 2.66 bits per heavy atom. The molecular weight excluding hydrogens is 497 g/mol. The molecule has 7 nitrogen and oxygen atoms in total. The number of nitrogens with two attached hydrogens (primary N) is 1. The highest BCUT2D eigenvalue weighted by Crippen LogP contribution is 2.34. The Kier molecular flexibility index (Phi) is 6.89. The average Bonchev–Trinajstić information content (AvgIpc) is 3.56. The van der Waals surface area contributed by atoms with E-state index in [0.717, 1.165) is 28.8 Å². The zero-order chi connectivity index (χ0) is 26.8. The van der Waals surface area contributed by atoms with Gasteiger partial charge >= 0.3 is 5.97 Å². The van der Waals surface area contributed by atoms with Gasteiger partial charge in [-0.15, -0.1) is 0 Å². The summed E-state index contributed by atoms with van der Waals surface area (Å²) in [6.45, 7) is 0.238. The predicted octanol–water partition coefficient (Wildman–Crippen LogP) is 5.83. The van der Waals surface area contributed by atoms with Crippen LogP contribution in [-0.2, 0) is 24.2 Å². The maximum Gasteiger partial charge on any atom is 0.303 e. The molecule has 38 heavy (non-hydrogen) atoms. The van der Waals surface area contributed by atoms with Crippen LogP contribution in [0.15, 0.2) is 60.9 Å². The molecule has 10 heteroatoms. The summed E-state index contributed by atoms with van der Waals surface area (Å²) in [7, 11) is 0. The quantitative estimate of drug-likeness (QED) is 0.195. The van der Waals surface area contributed by atoms with Crippen molar-refractivity contribution in [2.45, 2.75) is 25.8 Å². The van der Waals surface area contributed by atoms with Crippen LogP contribution < -0.4 is 10.5 Å². The number of hydrogen-bond donors (Lipinski definition) is 4. The molecule has 0 aliphatic rings. The first-order chi connectivity index (χ1) is 18.3. The Hall–Kier alpha value is -4.57. The number of aliphatic carboxylic acids is 1. The number of rotatable bonds is 9. The normalized spacial score (nSPS) is 11.3. The van der Waals surface area contributed by atoms with Crippen LogP contribution in [0.2, 0.25) is 0 Å². The SMILES string of the molecule is NCc1c(CCC(=O)O)cccc1Cc1cnc(-c2cc(Oc3c(F)cc4[nH]ccc4c3F)ccc2F)[nH]1. The molecule has 5 aromatic rings. The summed E-state index contributed by atoms with van der Waals surface area (Å²) in [6, 6.07) is 11.9. The number of H-pyrrole nitrogens is 2. The number of benzene rings is 3. The summed E-state index contributed by atoms with van der Waals surface area (Å²) in [4.78, 5) is 21.1. The second kappa shape index (κ2) is 10.4. The summed E-state index contributed by atoms with van der Waals surface area (Å²) >= 11 is 0. The lowest BCUT2D eigenvalue weighted by Crippen LogP contribution is -2.08. The number of carboxylic acids is 1. The van der Waals surface area contributed by atoms with Gasteiger partial charge in [-0.2, -0.15) is 0 Å². The number of halogens is 3. The van der Waals surface area contributed by atoms with Crippen LogP contribution in [0.5, 0.6) is 11.5 Å². The Morgan fingerprint density at radius 1 is 1.05 bits per heavy atom. The molecule has 0 spiro atoms. The molecule has 5 N–H and O–H groups in total. The fraction of sp³-hybridized carbons (Fsp3) is 0.143. The Labute approximate surface area is 215 Å².